The molecule has 1 aliphatic heterocycles. The highest BCUT2D eigenvalue weighted by Crippen LogP contribution is 2.30. The van der Waals surface area contributed by atoms with Crippen LogP contribution in [0.2, 0.25) is 0 Å². The lowest BCUT2D eigenvalue weighted by Gasteiger charge is -2.26. The molecule has 28 heavy (non-hydrogen) atoms. The van der Waals surface area contributed by atoms with E-state index in [1.807, 2.05) is 30.3 Å². The minimum atomic E-state index is -4.76. The molecule has 2 aromatic carbocycles. The third-order valence-corrected chi connectivity index (χ3v) is 4.82. The molecule has 1 aliphatic rings. The van der Waals surface area contributed by atoms with E-state index in [-0.39, 0.29) is 24.2 Å². The number of hydrogen-bond acceptors (Lipinski definition) is 3. The summed E-state index contributed by atoms with van der Waals surface area (Å²) in [7, 11) is 0. The van der Waals surface area contributed by atoms with E-state index in [0.29, 0.717) is 18.4 Å². The second-order valence-corrected chi connectivity index (χ2v) is 6.82. The lowest BCUT2D eigenvalue weighted by atomic mass is 10.1. The van der Waals surface area contributed by atoms with Crippen LogP contribution in [-0.2, 0) is 17.9 Å². The van der Waals surface area contributed by atoms with Crippen molar-refractivity contribution in [2.45, 2.75) is 44.8 Å². The Morgan fingerprint density at radius 1 is 1.07 bits per heavy atom. The standard InChI is InChI=1S/C21H23F3N2O2/c22-21(23,24)28-19-9-5-4-8-17(19)15-26-18(10-11-20(26)27)12-13-25-14-16-6-2-1-3-7-16/h1-9,18,25H,10-15H2. The second-order valence-electron chi connectivity index (χ2n) is 6.82. The van der Waals surface area contributed by atoms with Gasteiger partial charge in [-0.25, -0.2) is 0 Å². The number of ether oxygens (including phenoxy) is 1. The molecule has 1 saturated heterocycles. The van der Waals surface area contributed by atoms with Crippen LogP contribution in [0.3, 0.4) is 0 Å². The second kappa shape index (κ2) is 9.10. The van der Waals surface area contributed by atoms with Crippen LogP contribution in [0.4, 0.5) is 13.2 Å². The number of halogens is 3. The van der Waals surface area contributed by atoms with Crippen molar-refractivity contribution in [3.05, 3.63) is 65.7 Å². The predicted molar refractivity (Wildman–Crippen MR) is 99.5 cm³/mol. The van der Waals surface area contributed by atoms with Crippen LogP contribution in [0.25, 0.3) is 0 Å². The molecular weight excluding hydrogens is 369 g/mol. The summed E-state index contributed by atoms with van der Waals surface area (Å²) in [5.41, 5.74) is 1.54. The van der Waals surface area contributed by atoms with Crippen LogP contribution in [0.1, 0.15) is 30.4 Å². The van der Waals surface area contributed by atoms with Gasteiger partial charge in [0.05, 0.1) is 0 Å². The quantitative estimate of drug-likeness (QED) is 0.683. The maximum absolute atomic E-state index is 12.6. The molecule has 1 amide bonds. The number of likely N-dealkylation sites (tertiary alicyclic amines) is 1. The molecule has 0 saturated carbocycles. The number of carbonyl (C=O) groups excluding carboxylic acids is 1. The van der Waals surface area contributed by atoms with Gasteiger partial charge >= 0.3 is 6.36 Å². The van der Waals surface area contributed by atoms with Crippen molar-refractivity contribution in [1.82, 2.24) is 10.2 Å². The molecule has 1 heterocycles. The van der Waals surface area contributed by atoms with Crippen molar-refractivity contribution >= 4 is 5.91 Å². The molecule has 0 spiro atoms. The average Bonchev–Trinajstić information content (AvgIpc) is 3.00. The van der Waals surface area contributed by atoms with Crippen molar-refractivity contribution in [3.8, 4) is 5.75 Å². The number of para-hydroxylation sites is 1. The van der Waals surface area contributed by atoms with E-state index in [2.05, 4.69) is 10.1 Å². The van der Waals surface area contributed by atoms with Crippen molar-refractivity contribution < 1.29 is 22.7 Å². The fourth-order valence-electron chi connectivity index (χ4n) is 3.45. The zero-order chi connectivity index (χ0) is 20.0. The molecule has 1 unspecified atom stereocenters. The van der Waals surface area contributed by atoms with Gasteiger partial charge in [0.2, 0.25) is 5.91 Å². The molecule has 4 nitrogen and oxygen atoms in total. The number of hydrogen-bond donors (Lipinski definition) is 1. The molecule has 7 heteroatoms. The van der Waals surface area contributed by atoms with Crippen molar-refractivity contribution in [2.24, 2.45) is 0 Å². The van der Waals surface area contributed by atoms with E-state index in [9.17, 15) is 18.0 Å². The number of carbonyl (C=O) groups is 1. The maximum atomic E-state index is 12.6. The number of rotatable bonds is 8. The lowest BCUT2D eigenvalue weighted by molar-refractivity contribution is -0.275. The van der Waals surface area contributed by atoms with Gasteiger partial charge in [0, 0.05) is 31.1 Å². The SMILES string of the molecule is O=C1CCC(CCNCc2ccccc2)N1Cc1ccccc1OC(F)(F)F. The summed E-state index contributed by atoms with van der Waals surface area (Å²) in [4.78, 5) is 14.0. The minimum absolute atomic E-state index is 0.00900. The van der Waals surface area contributed by atoms with E-state index in [1.54, 1.807) is 17.0 Å². The van der Waals surface area contributed by atoms with Gasteiger partial charge in [-0.2, -0.15) is 0 Å². The Labute approximate surface area is 162 Å². The number of nitrogens with zero attached hydrogens (tertiary/aromatic N) is 1. The van der Waals surface area contributed by atoms with Crippen LogP contribution in [0.15, 0.2) is 54.6 Å². The van der Waals surface area contributed by atoms with E-state index >= 15 is 0 Å². The summed E-state index contributed by atoms with van der Waals surface area (Å²) in [6, 6.07) is 16.0. The molecular formula is C21H23F3N2O2. The first-order valence-corrected chi connectivity index (χ1v) is 9.30. The predicted octanol–water partition coefficient (Wildman–Crippen LogP) is 4.26. The number of nitrogens with one attached hydrogen (secondary N) is 1. The Hall–Kier alpha value is -2.54. The van der Waals surface area contributed by atoms with Crippen LogP contribution < -0.4 is 10.1 Å². The highest BCUT2D eigenvalue weighted by Gasteiger charge is 2.34. The van der Waals surface area contributed by atoms with Crippen LogP contribution in [0, 0.1) is 0 Å². The van der Waals surface area contributed by atoms with E-state index < -0.39 is 6.36 Å². The first kappa shape index (κ1) is 20.2. The normalized spacial score (nSPS) is 17.2. The summed E-state index contributed by atoms with van der Waals surface area (Å²) >= 11 is 0. The van der Waals surface area contributed by atoms with Gasteiger partial charge in [-0.15, -0.1) is 13.2 Å². The number of alkyl halides is 3. The average molecular weight is 392 g/mol. The first-order valence-electron chi connectivity index (χ1n) is 9.30. The Bertz CT molecular complexity index is 781. The van der Waals surface area contributed by atoms with Crippen LogP contribution in [-0.4, -0.2) is 29.8 Å². The Balaban J connectivity index is 1.57. The van der Waals surface area contributed by atoms with Gasteiger partial charge in [-0.3, -0.25) is 4.79 Å². The summed E-state index contributed by atoms with van der Waals surface area (Å²) in [5, 5.41) is 3.36. The molecule has 150 valence electrons. The molecule has 0 bridgehead atoms. The van der Waals surface area contributed by atoms with E-state index in [1.165, 1.54) is 17.7 Å². The minimum Gasteiger partial charge on any atom is -0.405 e. The van der Waals surface area contributed by atoms with E-state index in [0.717, 1.165) is 19.5 Å². The molecule has 2 aromatic rings. The monoisotopic (exact) mass is 392 g/mol. The molecule has 0 aromatic heterocycles. The molecule has 1 fully saturated rings. The van der Waals surface area contributed by atoms with Gasteiger partial charge in [0.1, 0.15) is 5.75 Å². The highest BCUT2D eigenvalue weighted by molar-refractivity contribution is 5.78. The zero-order valence-corrected chi connectivity index (χ0v) is 15.4. The topological polar surface area (TPSA) is 41.6 Å². The molecule has 0 aliphatic carbocycles. The molecule has 1 atom stereocenters. The number of benzene rings is 2. The van der Waals surface area contributed by atoms with Gasteiger partial charge in [-0.05, 0) is 31.0 Å². The summed E-state index contributed by atoms with van der Waals surface area (Å²) in [6.07, 6.45) is -2.87. The van der Waals surface area contributed by atoms with Crippen molar-refractivity contribution in [3.63, 3.8) is 0 Å². The smallest absolute Gasteiger partial charge is 0.405 e. The Kier molecular flexibility index (Phi) is 6.57. The fourth-order valence-corrected chi connectivity index (χ4v) is 3.45. The lowest BCUT2D eigenvalue weighted by Crippen LogP contribution is -2.35. The number of amides is 1. The summed E-state index contributed by atoms with van der Waals surface area (Å²) < 4.78 is 42.0. The zero-order valence-electron chi connectivity index (χ0n) is 15.4. The van der Waals surface area contributed by atoms with E-state index in [4.69, 9.17) is 0 Å². The molecule has 0 radical (unpaired) electrons. The van der Waals surface area contributed by atoms with Crippen LogP contribution >= 0.6 is 0 Å². The molecule has 3 rings (SSSR count). The first-order chi connectivity index (χ1) is 13.4. The van der Waals surface area contributed by atoms with Gasteiger partial charge in [-0.1, -0.05) is 48.5 Å². The maximum Gasteiger partial charge on any atom is 0.573 e. The third kappa shape index (κ3) is 5.73. The largest absolute Gasteiger partial charge is 0.573 e. The Morgan fingerprint density at radius 2 is 1.79 bits per heavy atom. The Morgan fingerprint density at radius 3 is 2.54 bits per heavy atom. The van der Waals surface area contributed by atoms with Crippen LogP contribution in [0.5, 0.6) is 5.75 Å². The van der Waals surface area contributed by atoms with Crippen molar-refractivity contribution in [2.75, 3.05) is 6.54 Å². The third-order valence-electron chi connectivity index (χ3n) is 4.82. The van der Waals surface area contributed by atoms with Gasteiger partial charge in [0.15, 0.2) is 0 Å². The van der Waals surface area contributed by atoms with Gasteiger partial charge in [0.25, 0.3) is 0 Å². The fraction of sp³-hybridized carbons (Fsp3) is 0.381. The summed E-state index contributed by atoms with van der Waals surface area (Å²) in [6.45, 7) is 1.59. The van der Waals surface area contributed by atoms with Gasteiger partial charge < -0.3 is 15.0 Å². The highest BCUT2D eigenvalue weighted by atomic mass is 19.4. The summed E-state index contributed by atoms with van der Waals surface area (Å²) in [5.74, 6) is -0.287. The van der Waals surface area contributed by atoms with Crippen molar-refractivity contribution in [1.29, 1.82) is 0 Å². The molecule has 1 N–H and O–H groups in total.